The Labute approximate surface area is 111 Å². The van der Waals surface area contributed by atoms with E-state index in [1.54, 1.807) is 18.1 Å². The van der Waals surface area contributed by atoms with E-state index >= 15 is 0 Å². The molecule has 4 heteroatoms. The van der Waals surface area contributed by atoms with Crippen LogP contribution in [-0.4, -0.2) is 23.7 Å². The topological polar surface area (TPSA) is 45.6 Å². The van der Waals surface area contributed by atoms with Crippen LogP contribution in [-0.2, 0) is 4.79 Å². The van der Waals surface area contributed by atoms with Crippen molar-refractivity contribution in [2.75, 3.05) is 11.9 Å². The lowest BCUT2D eigenvalue weighted by atomic mass is 10.1. The number of rotatable bonds is 1. The third-order valence-corrected chi connectivity index (χ3v) is 3.14. The van der Waals surface area contributed by atoms with E-state index in [2.05, 4.69) is 9.98 Å². The van der Waals surface area contributed by atoms with E-state index in [0.717, 1.165) is 17.0 Å². The van der Waals surface area contributed by atoms with Gasteiger partial charge in [-0.25, -0.2) is 9.98 Å². The number of carbonyl (C=O) groups excluding carboxylic acids is 1. The Bertz CT molecular complexity index is 649. The molecule has 0 fully saturated rings. The fraction of sp³-hybridized carbons (Fsp3) is 0.133. The molecule has 1 aromatic heterocycles. The van der Waals surface area contributed by atoms with Crippen molar-refractivity contribution in [3.63, 3.8) is 0 Å². The zero-order valence-corrected chi connectivity index (χ0v) is 10.6. The number of fused-ring (bicyclic) bond motifs is 1. The standard InChI is InChI=1S/C15H13N3O/c1-18-14(19)10-13(11-6-3-2-4-7-11)17-12-8-5-9-16-15(12)18/h2-9H,10H2,1H3. The van der Waals surface area contributed by atoms with Gasteiger partial charge in [-0.2, -0.15) is 0 Å². The number of benzene rings is 1. The minimum Gasteiger partial charge on any atom is -0.298 e. The lowest BCUT2D eigenvalue weighted by Gasteiger charge is -2.14. The van der Waals surface area contributed by atoms with Gasteiger partial charge in [-0.3, -0.25) is 9.69 Å². The minimum atomic E-state index is 0.0000491. The lowest BCUT2D eigenvalue weighted by molar-refractivity contribution is -0.117. The first-order valence-corrected chi connectivity index (χ1v) is 6.10. The van der Waals surface area contributed by atoms with Crippen LogP contribution in [0.15, 0.2) is 53.7 Å². The van der Waals surface area contributed by atoms with Crippen LogP contribution >= 0.6 is 0 Å². The first-order valence-electron chi connectivity index (χ1n) is 6.10. The Balaban J connectivity index is 2.14. The van der Waals surface area contributed by atoms with Crippen molar-refractivity contribution in [2.45, 2.75) is 6.42 Å². The molecule has 0 spiro atoms. The zero-order valence-electron chi connectivity index (χ0n) is 10.6. The van der Waals surface area contributed by atoms with Crippen LogP contribution in [0, 0.1) is 0 Å². The molecule has 19 heavy (non-hydrogen) atoms. The smallest absolute Gasteiger partial charge is 0.233 e. The summed E-state index contributed by atoms with van der Waals surface area (Å²) in [6.07, 6.45) is 1.96. The molecule has 1 aliphatic rings. The molecule has 2 aromatic rings. The van der Waals surface area contributed by atoms with Crippen LogP contribution in [0.1, 0.15) is 12.0 Å². The van der Waals surface area contributed by atoms with E-state index in [9.17, 15) is 4.79 Å². The van der Waals surface area contributed by atoms with Crippen molar-refractivity contribution in [3.8, 4) is 0 Å². The third kappa shape index (κ3) is 2.12. The first kappa shape index (κ1) is 11.6. The van der Waals surface area contributed by atoms with Crippen molar-refractivity contribution in [2.24, 2.45) is 4.99 Å². The summed E-state index contributed by atoms with van der Waals surface area (Å²) in [5.41, 5.74) is 2.49. The molecule has 0 radical (unpaired) electrons. The third-order valence-electron chi connectivity index (χ3n) is 3.14. The van der Waals surface area contributed by atoms with Crippen LogP contribution in [0.5, 0.6) is 0 Å². The first-order chi connectivity index (χ1) is 9.25. The molecular formula is C15H13N3O. The molecule has 1 aliphatic heterocycles. The number of anilines is 1. The molecule has 1 aromatic carbocycles. The normalized spacial score (nSPS) is 14.7. The number of aliphatic imine (C=N–C) groups is 1. The SMILES string of the molecule is CN1C(=O)CC(c2ccccc2)=Nc2cccnc21. The monoisotopic (exact) mass is 251 g/mol. The summed E-state index contributed by atoms with van der Waals surface area (Å²) in [4.78, 5) is 22.6. The Kier molecular flexibility index (Phi) is 2.83. The van der Waals surface area contributed by atoms with E-state index in [1.807, 2.05) is 42.5 Å². The molecule has 0 unspecified atom stereocenters. The molecule has 2 heterocycles. The molecule has 1 amide bonds. The van der Waals surface area contributed by atoms with Crippen molar-refractivity contribution >= 4 is 23.1 Å². The summed E-state index contributed by atoms with van der Waals surface area (Å²) in [5, 5.41) is 0. The average Bonchev–Trinajstić information content (AvgIpc) is 2.58. The van der Waals surface area contributed by atoms with Gasteiger partial charge in [0, 0.05) is 13.2 Å². The summed E-state index contributed by atoms with van der Waals surface area (Å²) in [7, 11) is 1.73. The molecule has 0 saturated heterocycles. The zero-order chi connectivity index (χ0) is 13.2. The van der Waals surface area contributed by atoms with Crippen LogP contribution in [0.4, 0.5) is 11.5 Å². The summed E-state index contributed by atoms with van der Waals surface area (Å²) in [5.74, 6) is 0.610. The maximum Gasteiger partial charge on any atom is 0.233 e. The second kappa shape index (κ2) is 4.65. The average molecular weight is 251 g/mol. The number of aromatic nitrogens is 1. The molecule has 0 aliphatic carbocycles. The maximum absolute atomic E-state index is 12.2. The van der Waals surface area contributed by atoms with Crippen molar-refractivity contribution < 1.29 is 4.79 Å². The summed E-state index contributed by atoms with van der Waals surface area (Å²) < 4.78 is 0. The number of hydrogen-bond acceptors (Lipinski definition) is 3. The molecule has 3 rings (SSSR count). The molecule has 94 valence electrons. The van der Waals surface area contributed by atoms with Gasteiger partial charge >= 0.3 is 0 Å². The predicted octanol–water partition coefficient (Wildman–Crippen LogP) is 2.57. The molecular weight excluding hydrogens is 238 g/mol. The van der Waals surface area contributed by atoms with Crippen molar-refractivity contribution in [1.82, 2.24) is 4.98 Å². The second-order valence-electron chi connectivity index (χ2n) is 4.40. The van der Waals surface area contributed by atoms with Crippen molar-refractivity contribution in [1.29, 1.82) is 0 Å². The van der Waals surface area contributed by atoms with Crippen LogP contribution in [0.3, 0.4) is 0 Å². The van der Waals surface area contributed by atoms with Gasteiger partial charge < -0.3 is 0 Å². The van der Waals surface area contributed by atoms with Crippen LogP contribution in [0.25, 0.3) is 0 Å². The number of pyridine rings is 1. The highest BCUT2D eigenvalue weighted by Gasteiger charge is 2.22. The van der Waals surface area contributed by atoms with E-state index in [0.29, 0.717) is 5.82 Å². The number of amides is 1. The molecule has 0 atom stereocenters. The van der Waals surface area contributed by atoms with Gasteiger partial charge in [0.1, 0.15) is 5.69 Å². The van der Waals surface area contributed by atoms with Crippen LogP contribution < -0.4 is 4.90 Å². The number of hydrogen-bond donors (Lipinski definition) is 0. The quantitative estimate of drug-likeness (QED) is 0.782. The fourth-order valence-corrected chi connectivity index (χ4v) is 2.10. The number of nitrogens with zero attached hydrogens (tertiary/aromatic N) is 3. The second-order valence-corrected chi connectivity index (χ2v) is 4.40. The Hall–Kier alpha value is -2.49. The van der Waals surface area contributed by atoms with Crippen molar-refractivity contribution in [3.05, 3.63) is 54.2 Å². The maximum atomic E-state index is 12.2. The highest BCUT2D eigenvalue weighted by Crippen LogP contribution is 2.29. The molecule has 0 bridgehead atoms. The van der Waals surface area contributed by atoms with Crippen LogP contribution in [0.2, 0.25) is 0 Å². The largest absolute Gasteiger partial charge is 0.298 e. The lowest BCUT2D eigenvalue weighted by Crippen LogP contribution is -2.27. The summed E-state index contributed by atoms with van der Waals surface area (Å²) in [6, 6.07) is 13.5. The van der Waals surface area contributed by atoms with Gasteiger partial charge in [0.2, 0.25) is 5.91 Å². The van der Waals surface area contributed by atoms with E-state index in [-0.39, 0.29) is 12.3 Å². The van der Waals surface area contributed by atoms with E-state index < -0.39 is 0 Å². The number of carbonyl (C=O) groups is 1. The molecule has 0 saturated carbocycles. The molecule has 0 N–H and O–H groups in total. The fourth-order valence-electron chi connectivity index (χ4n) is 2.10. The Morgan fingerprint density at radius 3 is 2.68 bits per heavy atom. The minimum absolute atomic E-state index is 0.0000491. The van der Waals surface area contributed by atoms with Gasteiger partial charge in [-0.1, -0.05) is 30.3 Å². The van der Waals surface area contributed by atoms with Gasteiger partial charge in [-0.15, -0.1) is 0 Å². The predicted molar refractivity (Wildman–Crippen MR) is 74.9 cm³/mol. The summed E-state index contributed by atoms with van der Waals surface area (Å²) in [6.45, 7) is 0. The Morgan fingerprint density at radius 2 is 1.89 bits per heavy atom. The van der Waals surface area contributed by atoms with Gasteiger partial charge in [0.05, 0.1) is 12.1 Å². The summed E-state index contributed by atoms with van der Waals surface area (Å²) >= 11 is 0. The molecule has 4 nitrogen and oxygen atoms in total. The highest BCUT2D eigenvalue weighted by atomic mass is 16.2. The van der Waals surface area contributed by atoms with Gasteiger partial charge in [0.25, 0.3) is 0 Å². The van der Waals surface area contributed by atoms with Gasteiger partial charge in [-0.05, 0) is 17.7 Å². The van der Waals surface area contributed by atoms with E-state index in [1.165, 1.54) is 0 Å². The van der Waals surface area contributed by atoms with Gasteiger partial charge in [0.15, 0.2) is 5.82 Å². The van der Waals surface area contributed by atoms with E-state index in [4.69, 9.17) is 0 Å². The Morgan fingerprint density at radius 1 is 1.11 bits per heavy atom. The highest BCUT2D eigenvalue weighted by molar-refractivity contribution is 6.17.